The monoisotopic (exact) mass is 432 g/mol. The first kappa shape index (κ1) is 20.7. The van der Waals surface area contributed by atoms with E-state index >= 15 is 0 Å². The number of nitrogens with zero attached hydrogens (tertiary/aromatic N) is 3. The number of carbonyl (C=O) groups excluding carboxylic acids is 1. The maximum Gasteiger partial charge on any atom is 0.401 e. The summed E-state index contributed by atoms with van der Waals surface area (Å²) in [6, 6.07) is 3.55. The molecule has 30 heavy (non-hydrogen) atoms. The Morgan fingerprint density at radius 3 is 2.77 bits per heavy atom. The second-order valence-corrected chi connectivity index (χ2v) is 7.08. The molecular weight excluding hydrogens is 415 g/mol. The van der Waals surface area contributed by atoms with E-state index in [9.17, 15) is 26.7 Å². The highest BCUT2D eigenvalue weighted by Crippen LogP contribution is 2.32. The molecule has 2 aliphatic rings. The third kappa shape index (κ3) is 4.15. The Morgan fingerprint density at radius 1 is 1.27 bits per heavy atom. The lowest BCUT2D eigenvalue weighted by Crippen LogP contribution is -2.56. The number of amides is 1. The molecule has 2 aromatic rings. The van der Waals surface area contributed by atoms with Gasteiger partial charge >= 0.3 is 12.6 Å². The molecule has 0 bridgehead atoms. The predicted octanol–water partition coefficient (Wildman–Crippen LogP) is 2.94. The molecule has 0 unspecified atom stereocenters. The first-order valence-corrected chi connectivity index (χ1v) is 9.16. The third-order valence-electron chi connectivity index (χ3n) is 5.10. The molecule has 0 radical (unpaired) electrons. The molecule has 0 aliphatic carbocycles. The quantitative estimate of drug-likeness (QED) is 0.732. The van der Waals surface area contributed by atoms with Gasteiger partial charge in [-0.15, -0.1) is 10.2 Å². The number of nitrogens with one attached hydrogen (secondary N) is 1. The van der Waals surface area contributed by atoms with Gasteiger partial charge in [-0.05, 0) is 24.1 Å². The van der Waals surface area contributed by atoms with Crippen molar-refractivity contribution in [3.8, 4) is 11.5 Å². The molecule has 0 spiro atoms. The molecule has 2 atom stereocenters. The second-order valence-electron chi connectivity index (χ2n) is 7.08. The molecule has 162 valence electrons. The highest BCUT2D eigenvalue weighted by molar-refractivity contribution is 5.99. The van der Waals surface area contributed by atoms with Crippen LogP contribution in [0.1, 0.15) is 34.7 Å². The van der Waals surface area contributed by atoms with Crippen LogP contribution in [0.25, 0.3) is 11.5 Å². The maximum absolute atomic E-state index is 13.0. The van der Waals surface area contributed by atoms with Crippen LogP contribution in [0.5, 0.6) is 0 Å². The number of rotatable bonds is 5. The van der Waals surface area contributed by atoms with E-state index in [-0.39, 0.29) is 24.9 Å². The fourth-order valence-electron chi connectivity index (χ4n) is 3.71. The van der Waals surface area contributed by atoms with Gasteiger partial charge in [-0.1, -0.05) is 6.07 Å². The minimum absolute atomic E-state index is 0.0600. The van der Waals surface area contributed by atoms with Crippen LogP contribution in [-0.4, -0.2) is 59.0 Å². The Bertz CT molecular complexity index is 933. The van der Waals surface area contributed by atoms with Crippen molar-refractivity contribution < 1.29 is 35.9 Å². The molecule has 2 aliphatic heterocycles. The molecule has 4 rings (SSSR count). The molecular formula is C18H17F5N4O3. The number of aromatic nitrogens is 2. The zero-order valence-corrected chi connectivity index (χ0v) is 15.5. The molecule has 12 heteroatoms. The van der Waals surface area contributed by atoms with Crippen molar-refractivity contribution in [3.63, 3.8) is 0 Å². The Balaban J connectivity index is 1.54. The van der Waals surface area contributed by atoms with Crippen molar-refractivity contribution in [2.24, 2.45) is 0 Å². The summed E-state index contributed by atoms with van der Waals surface area (Å²) in [5.74, 6) is -1.32. The minimum Gasteiger partial charge on any atom is -0.415 e. The van der Waals surface area contributed by atoms with Gasteiger partial charge in [0.05, 0.1) is 25.2 Å². The van der Waals surface area contributed by atoms with E-state index in [0.29, 0.717) is 29.7 Å². The number of hydrogen-bond donors (Lipinski definition) is 1. The van der Waals surface area contributed by atoms with E-state index in [2.05, 4.69) is 15.5 Å². The van der Waals surface area contributed by atoms with E-state index < -0.39 is 37.1 Å². The summed E-state index contributed by atoms with van der Waals surface area (Å²) in [6.07, 6.45) is -6.90. The summed E-state index contributed by atoms with van der Waals surface area (Å²) in [6.45, 7) is -0.557. The molecule has 3 heterocycles. The summed E-state index contributed by atoms with van der Waals surface area (Å²) in [4.78, 5) is 14.5. The smallest absolute Gasteiger partial charge is 0.401 e. The number of alkyl halides is 5. The van der Waals surface area contributed by atoms with Crippen LogP contribution >= 0.6 is 0 Å². The van der Waals surface area contributed by atoms with E-state index in [1.54, 1.807) is 12.1 Å². The lowest BCUT2D eigenvalue weighted by molar-refractivity contribution is -0.129. The van der Waals surface area contributed by atoms with Gasteiger partial charge in [-0.2, -0.15) is 22.0 Å². The van der Waals surface area contributed by atoms with Crippen molar-refractivity contribution in [1.82, 2.24) is 20.4 Å². The molecule has 1 aromatic heterocycles. The number of ether oxygens (including phenoxy) is 1. The van der Waals surface area contributed by atoms with Crippen LogP contribution in [0.2, 0.25) is 0 Å². The summed E-state index contributed by atoms with van der Waals surface area (Å²) >= 11 is 0. The van der Waals surface area contributed by atoms with E-state index in [1.165, 1.54) is 11.0 Å². The number of fused-ring (bicyclic) bond motifs is 1. The summed E-state index contributed by atoms with van der Waals surface area (Å²) in [5, 5.41) is 9.28. The normalized spacial score (nSPS) is 22.1. The Kier molecular flexibility index (Phi) is 5.45. The number of halogens is 5. The molecule has 1 aromatic carbocycles. The largest absolute Gasteiger partial charge is 0.415 e. The van der Waals surface area contributed by atoms with Gasteiger partial charge in [0, 0.05) is 24.3 Å². The van der Waals surface area contributed by atoms with E-state index in [4.69, 9.17) is 9.15 Å². The average molecular weight is 432 g/mol. The Morgan fingerprint density at radius 2 is 2.07 bits per heavy atom. The standard InChI is InChI=1S/C18H17F5N4O3/c19-14(20)16-26-25-15(30-16)9-1-2-10-6-27(17(28)11(10)5-9)13-3-4-29-7-12(13)24-8-18(21,22)23/h1-2,5,12-14,24H,3-4,6-8H2/t12-,13-/m1/s1. The van der Waals surface area contributed by atoms with Gasteiger partial charge in [-0.3, -0.25) is 4.79 Å². The lowest BCUT2D eigenvalue weighted by atomic mass is 10.0. The Labute approximate surface area is 167 Å². The Hall–Kier alpha value is -2.60. The zero-order chi connectivity index (χ0) is 21.5. The highest BCUT2D eigenvalue weighted by atomic mass is 19.4. The van der Waals surface area contributed by atoms with Crippen LogP contribution in [0.4, 0.5) is 22.0 Å². The minimum atomic E-state index is -4.38. The first-order chi connectivity index (χ1) is 14.2. The van der Waals surface area contributed by atoms with Crippen molar-refractivity contribution in [2.75, 3.05) is 19.8 Å². The number of benzene rings is 1. The second kappa shape index (κ2) is 7.91. The van der Waals surface area contributed by atoms with Crippen LogP contribution in [0.3, 0.4) is 0 Å². The molecule has 1 fully saturated rings. The predicted molar refractivity (Wildman–Crippen MR) is 91.6 cm³/mol. The van der Waals surface area contributed by atoms with Gasteiger partial charge in [-0.25, -0.2) is 0 Å². The van der Waals surface area contributed by atoms with Crippen LogP contribution in [0.15, 0.2) is 22.6 Å². The third-order valence-corrected chi connectivity index (χ3v) is 5.10. The SMILES string of the molecule is O=C1c2cc(-c3nnc(C(F)F)o3)ccc2CN1[C@@H]1CCOC[C@H]1NCC(F)(F)F. The van der Waals surface area contributed by atoms with Gasteiger partial charge in [0.1, 0.15) is 0 Å². The maximum atomic E-state index is 13.0. The zero-order valence-electron chi connectivity index (χ0n) is 15.5. The molecule has 7 nitrogen and oxygen atoms in total. The molecule has 0 saturated carbocycles. The summed E-state index contributed by atoms with van der Waals surface area (Å²) in [5.41, 5.74) is 1.31. The van der Waals surface area contributed by atoms with Crippen LogP contribution in [-0.2, 0) is 11.3 Å². The molecule has 1 amide bonds. The van der Waals surface area contributed by atoms with Crippen molar-refractivity contribution >= 4 is 5.91 Å². The van der Waals surface area contributed by atoms with Crippen molar-refractivity contribution in [2.45, 2.75) is 37.7 Å². The van der Waals surface area contributed by atoms with Crippen LogP contribution in [0, 0.1) is 0 Å². The van der Waals surface area contributed by atoms with Gasteiger partial charge in [0.2, 0.25) is 5.89 Å². The number of carbonyl (C=O) groups is 1. The fraction of sp³-hybridized carbons (Fsp3) is 0.500. The highest BCUT2D eigenvalue weighted by Gasteiger charge is 2.40. The topological polar surface area (TPSA) is 80.5 Å². The van der Waals surface area contributed by atoms with Gasteiger partial charge in [0.25, 0.3) is 11.8 Å². The molecule has 1 N–H and O–H groups in total. The summed E-state index contributed by atoms with van der Waals surface area (Å²) < 4.78 is 73.4. The van der Waals surface area contributed by atoms with Crippen molar-refractivity contribution in [3.05, 3.63) is 35.2 Å². The molecule has 1 saturated heterocycles. The average Bonchev–Trinajstić information content (AvgIpc) is 3.31. The van der Waals surface area contributed by atoms with E-state index in [0.717, 1.165) is 0 Å². The van der Waals surface area contributed by atoms with Gasteiger partial charge in [0.15, 0.2) is 0 Å². The number of hydrogen-bond acceptors (Lipinski definition) is 6. The lowest BCUT2D eigenvalue weighted by Gasteiger charge is -2.38. The van der Waals surface area contributed by atoms with Crippen LogP contribution < -0.4 is 5.32 Å². The van der Waals surface area contributed by atoms with E-state index in [1.807, 2.05) is 0 Å². The first-order valence-electron chi connectivity index (χ1n) is 9.16. The van der Waals surface area contributed by atoms with Crippen molar-refractivity contribution in [1.29, 1.82) is 0 Å². The fourth-order valence-corrected chi connectivity index (χ4v) is 3.71. The van der Waals surface area contributed by atoms with Gasteiger partial charge < -0.3 is 19.4 Å². The summed E-state index contributed by atoms with van der Waals surface area (Å²) in [7, 11) is 0.